The third-order valence-corrected chi connectivity index (χ3v) is 3.85. The molecule has 0 aliphatic rings. The molecule has 4 heteroatoms. The van der Waals surface area contributed by atoms with Crippen LogP contribution in [-0.4, -0.2) is 51.1 Å². The molecule has 2 N–H and O–H groups in total. The number of nitrogens with one attached hydrogen (secondary N) is 2. The minimum absolute atomic E-state index is 0.465. The Bertz CT molecular complexity index is 416. The van der Waals surface area contributed by atoms with Crippen LogP contribution < -0.4 is 10.6 Å². The minimum Gasteiger partial charge on any atom is -0.356 e. The minimum atomic E-state index is 0.465. The molecule has 0 amide bonds. The van der Waals surface area contributed by atoms with Crippen molar-refractivity contribution in [1.29, 1.82) is 0 Å². The Labute approximate surface area is 136 Å². The van der Waals surface area contributed by atoms with Crippen LogP contribution in [-0.2, 0) is 0 Å². The van der Waals surface area contributed by atoms with Gasteiger partial charge in [0.25, 0.3) is 0 Å². The van der Waals surface area contributed by atoms with E-state index in [0.717, 1.165) is 32.1 Å². The second kappa shape index (κ2) is 11.1. The first-order chi connectivity index (χ1) is 10.7. The summed E-state index contributed by atoms with van der Waals surface area (Å²) in [7, 11) is 3.99. The Kier molecular flexibility index (Phi) is 9.31. The first kappa shape index (κ1) is 18.5. The number of benzene rings is 1. The van der Waals surface area contributed by atoms with Crippen LogP contribution in [0.15, 0.2) is 35.3 Å². The molecule has 1 aromatic rings. The van der Waals surface area contributed by atoms with Gasteiger partial charge in [0.15, 0.2) is 5.96 Å². The average Bonchev–Trinajstić information content (AvgIpc) is 2.56. The highest BCUT2D eigenvalue weighted by molar-refractivity contribution is 5.79. The maximum absolute atomic E-state index is 4.29. The van der Waals surface area contributed by atoms with Crippen molar-refractivity contribution in [2.24, 2.45) is 4.99 Å². The lowest BCUT2D eigenvalue weighted by Gasteiger charge is -2.19. The third-order valence-electron chi connectivity index (χ3n) is 3.85. The van der Waals surface area contributed by atoms with Gasteiger partial charge in [-0.3, -0.25) is 4.99 Å². The highest BCUT2D eigenvalue weighted by Gasteiger charge is 2.06. The van der Waals surface area contributed by atoms with Gasteiger partial charge in [-0.1, -0.05) is 50.6 Å². The van der Waals surface area contributed by atoms with Crippen molar-refractivity contribution in [3.05, 3.63) is 35.9 Å². The topological polar surface area (TPSA) is 39.7 Å². The maximum Gasteiger partial charge on any atom is 0.191 e. The zero-order valence-electron chi connectivity index (χ0n) is 14.6. The van der Waals surface area contributed by atoms with Gasteiger partial charge in [-0.25, -0.2) is 0 Å². The fraction of sp³-hybridized carbons (Fsp3) is 0.611. The third kappa shape index (κ3) is 7.46. The van der Waals surface area contributed by atoms with Crippen LogP contribution in [0.25, 0.3) is 0 Å². The highest BCUT2D eigenvalue weighted by atomic mass is 15.2. The van der Waals surface area contributed by atoms with Gasteiger partial charge in [-0.15, -0.1) is 0 Å². The molecule has 4 nitrogen and oxygen atoms in total. The molecule has 22 heavy (non-hydrogen) atoms. The molecule has 0 bridgehead atoms. The number of likely N-dealkylation sites (N-methyl/N-ethyl adjacent to an activating group) is 1. The molecule has 1 atom stereocenters. The van der Waals surface area contributed by atoms with Gasteiger partial charge in [0, 0.05) is 26.7 Å². The Morgan fingerprint density at radius 3 is 2.55 bits per heavy atom. The molecule has 124 valence electrons. The summed E-state index contributed by atoms with van der Waals surface area (Å²) >= 11 is 0. The van der Waals surface area contributed by atoms with E-state index in [-0.39, 0.29) is 0 Å². The summed E-state index contributed by atoms with van der Waals surface area (Å²) in [5.74, 6) is 1.35. The predicted octanol–water partition coefficient (Wildman–Crippen LogP) is 2.69. The summed E-state index contributed by atoms with van der Waals surface area (Å²) in [6.07, 6.45) is 2.51. The smallest absolute Gasteiger partial charge is 0.191 e. The molecule has 0 aliphatic carbocycles. The van der Waals surface area contributed by atoms with Gasteiger partial charge >= 0.3 is 0 Å². The van der Waals surface area contributed by atoms with Crippen molar-refractivity contribution >= 4 is 5.96 Å². The number of unbranched alkanes of at least 4 members (excludes halogenated alkanes) is 1. The van der Waals surface area contributed by atoms with Crippen LogP contribution in [0.1, 0.15) is 38.2 Å². The molecular formula is C18H32N4. The van der Waals surface area contributed by atoms with Gasteiger partial charge in [0.1, 0.15) is 0 Å². The average molecular weight is 304 g/mol. The summed E-state index contributed by atoms with van der Waals surface area (Å²) in [6, 6.07) is 10.6. The standard InChI is InChI=1S/C18H32N4/c1-5-6-13-22(4)14-12-20-18(19-3)21-15-16(2)17-10-8-7-9-11-17/h7-11,16H,5-6,12-15H2,1-4H3,(H2,19,20,21). The van der Waals surface area contributed by atoms with E-state index in [1.54, 1.807) is 0 Å². The van der Waals surface area contributed by atoms with Crippen molar-refractivity contribution in [1.82, 2.24) is 15.5 Å². The largest absolute Gasteiger partial charge is 0.356 e. The summed E-state index contributed by atoms with van der Waals surface area (Å²) in [5.41, 5.74) is 1.35. The zero-order chi connectivity index (χ0) is 16.2. The van der Waals surface area contributed by atoms with Gasteiger partial charge in [0.2, 0.25) is 0 Å². The highest BCUT2D eigenvalue weighted by Crippen LogP contribution is 2.12. The Hall–Kier alpha value is -1.55. The van der Waals surface area contributed by atoms with Crippen LogP contribution in [0.2, 0.25) is 0 Å². The molecule has 1 rings (SSSR count). The van der Waals surface area contributed by atoms with E-state index in [2.05, 4.69) is 71.8 Å². The normalized spacial score (nSPS) is 13.2. The second-order valence-corrected chi connectivity index (χ2v) is 5.85. The molecule has 0 aliphatic heterocycles. The predicted molar refractivity (Wildman–Crippen MR) is 96.6 cm³/mol. The van der Waals surface area contributed by atoms with E-state index >= 15 is 0 Å². The van der Waals surface area contributed by atoms with Crippen LogP contribution in [0.3, 0.4) is 0 Å². The van der Waals surface area contributed by atoms with E-state index in [1.807, 2.05) is 7.05 Å². The first-order valence-corrected chi connectivity index (χ1v) is 8.35. The van der Waals surface area contributed by atoms with E-state index in [0.29, 0.717) is 5.92 Å². The summed E-state index contributed by atoms with van der Waals surface area (Å²) in [4.78, 5) is 6.65. The lowest BCUT2D eigenvalue weighted by molar-refractivity contribution is 0.332. The number of nitrogens with zero attached hydrogens (tertiary/aromatic N) is 2. The van der Waals surface area contributed by atoms with Crippen LogP contribution >= 0.6 is 0 Å². The van der Waals surface area contributed by atoms with E-state index in [1.165, 1.54) is 18.4 Å². The molecule has 0 fully saturated rings. The monoisotopic (exact) mass is 304 g/mol. The van der Waals surface area contributed by atoms with Crippen LogP contribution in [0, 0.1) is 0 Å². The van der Waals surface area contributed by atoms with E-state index < -0.39 is 0 Å². The van der Waals surface area contributed by atoms with Crippen LogP contribution in [0.4, 0.5) is 0 Å². The molecule has 0 aromatic heterocycles. The molecule has 0 heterocycles. The molecule has 1 aromatic carbocycles. The Morgan fingerprint density at radius 1 is 1.18 bits per heavy atom. The number of rotatable bonds is 9. The Morgan fingerprint density at radius 2 is 1.91 bits per heavy atom. The van der Waals surface area contributed by atoms with Gasteiger partial charge in [-0.05, 0) is 31.5 Å². The van der Waals surface area contributed by atoms with Gasteiger partial charge in [0.05, 0.1) is 0 Å². The van der Waals surface area contributed by atoms with Crippen molar-refractivity contribution in [3.63, 3.8) is 0 Å². The lowest BCUT2D eigenvalue weighted by atomic mass is 10.0. The van der Waals surface area contributed by atoms with E-state index in [4.69, 9.17) is 0 Å². The Balaban J connectivity index is 2.25. The van der Waals surface area contributed by atoms with Gasteiger partial charge < -0.3 is 15.5 Å². The molecule has 0 saturated heterocycles. The van der Waals surface area contributed by atoms with Crippen molar-refractivity contribution < 1.29 is 0 Å². The zero-order valence-corrected chi connectivity index (χ0v) is 14.6. The van der Waals surface area contributed by atoms with Crippen LogP contribution in [0.5, 0.6) is 0 Å². The number of hydrogen-bond acceptors (Lipinski definition) is 2. The van der Waals surface area contributed by atoms with Crippen molar-refractivity contribution in [3.8, 4) is 0 Å². The number of aliphatic imine (C=N–C) groups is 1. The SMILES string of the molecule is CCCCN(C)CCNC(=NC)NCC(C)c1ccccc1. The fourth-order valence-corrected chi connectivity index (χ4v) is 2.27. The summed E-state index contributed by atoms with van der Waals surface area (Å²) in [5, 5.41) is 6.79. The number of guanidine groups is 1. The second-order valence-electron chi connectivity index (χ2n) is 5.85. The fourth-order valence-electron chi connectivity index (χ4n) is 2.27. The molecule has 0 radical (unpaired) electrons. The number of hydrogen-bond donors (Lipinski definition) is 2. The molecule has 1 unspecified atom stereocenters. The molecule has 0 spiro atoms. The van der Waals surface area contributed by atoms with E-state index in [9.17, 15) is 0 Å². The van der Waals surface area contributed by atoms with Crippen molar-refractivity contribution in [2.75, 3.05) is 40.3 Å². The lowest BCUT2D eigenvalue weighted by Crippen LogP contribution is -2.42. The molecule has 0 saturated carbocycles. The maximum atomic E-state index is 4.29. The first-order valence-electron chi connectivity index (χ1n) is 8.35. The molecular weight excluding hydrogens is 272 g/mol. The van der Waals surface area contributed by atoms with Gasteiger partial charge in [-0.2, -0.15) is 0 Å². The quantitative estimate of drug-likeness (QED) is 0.544. The summed E-state index contributed by atoms with van der Waals surface area (Å²) < 4.78 is 0. The summed E-state index contributed by atoms with van der Waals surface area (Å²) in [6.45, 7) is 8.46. The van der Waals surface area contributed by atoms with Crippen molar-refractivity contribution in [2.45, 2.75) is 32.6 Å².